The maximum Gasteiger partial charge on any atom is 0.326 e. The second kappa shape index (κ2) is 7.83. The van der Waals surface area contributed by atoms with Gasteiger partial charge >= 0.3 is 12.0 Å². The van der Waals surface area contributed by atoms with Crippen molar-refractivity contribution in [2.75, 3.05) is 0 Å². The Morgan fingerprint density at radius 1 is 1.38 bits per heavy atom. The third-order valence-electron chi connectivity index (χ3n) is 2.81. The highest BCUT2D eigenvalue weighted by Crippen LogP contribution is 2.09. The van der Waals surface area contributed by atoms with Crippen LogP contribution in [0.2, 0.25) is 0 Å². The maximum atomic E-state index is 11.8. The summed E-state index contributed by atoms with van der Waals surface area (Å²) in [6.07, 6.45) is 3.04. The van der Waals surface area contributed by atoms with Crippen molar-refractivity contribution >= 4 is 17.9 Å². The molecule has 1 aromatic rings. The molecule has 1 rings (SSSR count). The summed E-state index contributed by atoms with van der Waals surface area (Å²) in [5.74, 6) is -1.84. The standard InChI is InChI=1S/C13H18N4O4/c1-8(9-3-2-6-15-7-9)16-13(21)17-10(12(19)20)4-5-11(14)18/h2-3,6-8,10H,4-5H2,1H3,(H2,14,18)(H,19,20)(H2,16,17,21)/t8?,10-/m0/s1. The Morgan fingerprint density at radius 2 is 2.10 bits per heavy atom. The topological polar surface area (TPSA) is 134 Å². The second-order valence-corrected chi connectivity index (χ2v) is 4.52. The Bertz CT molecular complexity index is 506. The van der Waals surface area contributed by atoms with E-state index in [9.17, 15) is 14.4 Å². The minimum absolute atomic E-state index is 0.0562. The zero-order valence-corrected chi connectivity index (χ0v) is 11.6. The number of primary amides is 1. The van der Waals surface area contributed by atoms with Crippen molar-refractivity contribution in [3.63, 3.8) is 0 Å². The Hall–Kier alpha value is -2.64. The van der Waals surface area contributed by atoms with E-state index < -0.39 is 23.9 Å². The largest absolute Gasteiger partial charge is 0.480 e. The van der Waals surface area contributed by atoms with E-state index in [1.807, 2.05) is 0 Å². The minimum Gasteiger partial charge on any atom is -0.480 e. The smallest absolute Gasteiger partial charge is 0.326 e. The van der Waals surface area contributed by atoms with Gasteiger partial charge in [-0.25, -0.2) is 9.59 Å². The SMILES string of the molecule is CC(NC(=O)N[C@@H](CCC(N)=O)C(=O)O)c1cccnc1. The van der Waals surface area contributed by atoms with Gasteiger partial charge in [-0.05, 0) is 25.0 Å². The third kappa shape index (κ3) is 5.89. The highest BCUT2D eigenvalue weighted by atomic mass is 16.4. The van der Waals surface area contributed by atoms with Crippen LogP contribution in [0.5, 0.6) is 0 Å². The molecule has 0 aliphatic rings. The zero-order valence-electron chi connectivity index (χ0n) is 11.6. The normalized spacial score (nSPS) is 13.0. The molecule has 1 heterocycles. The van der Waals surface area contributed by atoms with Crippen molar-refractivity contribution in [1.82, 2.24) is 15.6 Å². The van der Waals surface area contributed by atoms with E-state index in [2.05, 4.69) is 15.6 Å². The number of carbonyl (C=O) groups excluding carboxylic acids is 2. The molecule has 5 N–H and O–H groups in total. The second-order valence-electron chi connectivity index (χ2n) is 4.52. The van der Waals surface area contributed by atoms with Crippen LogP contribution >= 0.6 is 0 Å². The molecule has 2 atom stereocenters. The summed E-state index contributed by atoms with van der Waals surface area (Å²) in [4.78, 5) is 37.4. The number of urea groups is 1. The van der Waals surface area contributed by atoms with Gasteiger partial charge in [-0.1, -0.05) is 6.07 Å². The van der Waals surface area contributed by atoms with Gasteiger partial charge in [0.05, 0.1) is 6.04 Å². The van der Waals surface area contributed by atoms with Crippen LogP contribution in [0.15, 0.2) is 24.5 Å². The molecule has 0 fully saturated rings. The maximum absolute atomic E-state index is 11.8. The number of carboxylic acid groups (broad SMARTS) is 1. The van der Waals surface area contributed by atoms with E-state index in [1.165, 1.54) is 0 Å². The van der Waals surface area contributed by atoms with Gasteiger partial charge in [0.2, 0.25) is 5.91 Å². The highest BCUT2D eigenvalue weighted by Gasteiger charge is 2.21. The van der Waals surface area contributed by atoms with Crippen molar-refractivity contribution in [1.29, 1.82) is 0 Å². The molecule has 0 bridgehead atoms. The summed E-state index contributed by atoms with van der Waals surface area (Å²) < 4.78 is 0. The van der Waals surface area contributed by atoms with Crippen molar-refractivity contribution < 1.29 is 19.5 Å². The fourth-order valence-corrected chi connectivity index (χ4v) is 1.66. The average molecular weight is 294 g/mol. The summed E-state index contributed by atoms with van der Waals surface area (Å²) in [5.41, 5.74) is 5.75. The molecule has 21 heavy (non-hydrogen) atoms. The number of pyridine rings is 1. The van der Waals surface area contributed by atoms with Crippen LogP contribution in [0.1, 0.15) is 31.4 Å². The Balaban J connectivity index is 2.54. The van der Waals surface area contributed by atoms with Gasteiger partial charge in [0, 0.05) is 18.8 Å². The molecule has 0 saturated carbocycles. The van der Waals surface area contributed by atoms with Crippen molar-refractivity contribution in [2.45, 2.75) is 31.8 Å². The molecule has 0 spiro atoms. The van der Waals surface area contributed by atoms with E-state index in [-0.39, 0.29) is 18.9 Å². The third-order valence-corrected chi connectivity index (χ3v) is 2.81. The van der Waals surface area contributed by atoms with Crippen LogP contribution in [0.3, 0.4) is 0 Å². The first kappa shape index (κ1) is 16.4. The van der Waals surface area contributed by atoms with E-state index in [0.717, 1.165) is 5.56 Å². The van der Waals surface area contributed by atoms with E-state index in [1.54, 1.807) is 31.5 Å². The van der Waals surface area contributed by atoms with Gasteiger partial charge < -0.3 is 21.5 Å². The monoisotopic (exact) mass is 294 g/mol. The lowest BCUT2D eigenvalue weighted by atomic mass is 10.1. The number of amides is 3. The molecule has 8 heteroatoms. The lowest BCUT2D eigenvalue weighted by Gasteiger charge is -2.18. The summed E-state index contributed by atoms with van der Waals surface area (Å²) in [6.45, 7) is 1.75. The summed E-state index contributed by atoms with van der Waals surface area (Å²) in [6, 6.07) is 1.39. The van der Waals surface area contributed by atoms with Gasteiger partial charge in [-0.3, -0.25) is 9.78 Å². The van der Waals surface area contributed by atoms with Crippen molar-refractivity contribution in [3.8, 4) is 0 Å². The van der Waals surface area contributed by atoms with Crippen molar-refractivity contribution in [3.05, 3.63) is 30.1 Å². The number of carboxylic acids is 1. The van der Waals surface area contributed by atoms with Gasteiger partial charge in [-0.15, -0.1) is 0 Å². The van der Waals surface area contributed by atoms with Gasteiger partial charge in [0.25, 0.3) is 0 Å². The predicted octanol–water partition coefficient (Wildman–Crippen LogP) is 0.161. The fraction of sp³-hybridized carbons (Fsp3) is 0.385. The Labute approximate surface area is 121 Å². The summed E-state index contributed by atoms with van der Waals surface area (Å²) in [5, 5.41) is 13.9. The van der Waals surface area contributed by atoms with Crippen LogP contribution in [0.25, 0.3) is 0 Å². The molecule has 0 saturated heterocycles. The zero-order chi connectivity index (χ0) is 15.8. The molecular weight excluding hydrogens is 276 g/mol. The molecule has 3 amide bonds. The molecule has 0 aromatic carbocycles. The first-order chi connectivity index (χ1) is 9.90. The number of rotatable bonds is 7. The number of nitrogens with zero attached hydrogens (tertiary/aromatic N) is 1. The van der Waals surface area contributed by atoms with Gasteiger partial charge in [-0.2, -0.15) is 0 Å². The van der Waals surface area contributed by atoms with E-state index >= 15 is 0 Å². The van der Waals surface area contributed by atoms with Crippen molar-refractivity contribution in [2.24, 2.45) is 5.73 Å². The van der Waals surface area contributed by atoms with E-state index in [4.69, 9.17) is 10.8 Å². The Morgan fingerprint density at radius 3 is 2.62 bits per heavy atom. The number of nitrogens with one attached hydrogen (secondary N) is 2. The number of nitrogens with two attached hydrogens (primary N) is 1. The average Bonchev–Trinajstić information content (AvgIpc) is 2.43. The van der Waals surface area contributed by atoms with E-state index in [0.29, 0.717) is 0 Å². The lowest BCUT2D eigenvalue weighted by molar-refractivity contribution is -0.139. The molecule has 1 aromatic heterocycles. The molecular formula is C13H18N4O4. The van der Waals surface area contributed by atoms with Crippen LogP contribution in [-0.2, 0) is 9.59 Å². The molecule has 0 aliphatic carbocycles. The van der Waals surface area contributed by atoms with Crippen LogP contribution in [-0.4, -0.2) is 34.0 Å². The molecule has 8 nitrogen and oxygen atoms in total. The van der Waals surface area contributed by atoms with Crippen LogP contribution < -0.4 is 16.4 Å². The van der Waals surface area contributed by atoms with Crippen LogP contribution in [0.4, 0.5) is 4.79 Å². The summed E-state index contributed by atoms with van der Waals surface area (Å²) in [7, 11) is 0. The number of hydrogen-bond acceptors (Lipinski definition) is 4. The molecule has 0 radical (unpaired) electrons. The molecule has 1 unspecified atom stereocenters. The quantitative estimate of drug-likeness (QED) is 0.568. The number of aromatic nitrogens is 1. The Kier molecular flexibility index (Phi) is 6.12. The number of hydrogen-bond donors (Lipinski definition) is 4. The first-order valence-corrected chi connectivity index (χ1v) is 6.38. The predicted molar refractivity (Wildman–Crippen MR) is 74.2 cm³/mol. The number of aliphatic carboxylic acids is 1. The summed E-state index contributed by atoms with van der Waals surface area (Å²) >= 11 is 0. The lowest BCUT2D eigenvalue weighted by Crippen LogP contribution is -2.46. The van der Waals surface area contributed by atoms with Gasteiger partial charge in [0.1, 0.15) is 6.04 Å². The number of carbonyl (C=O) groups is 3. The van der Waals surface area contributed by atoms with Gasteiger partial charge in [0.15, 0.2) is 0 Å². The molecule has 0 aliphatic heterocycles. The van der Waals surface area contributed by atoms with Crippen LogP contribution in [0, 0.1) is 0 Å². The highest BCUT2D eigenvalue weighted by molar-refractivity contribution is 5.83. The first-order valence-electron chi connectivity index (χ1n) is 6.38. The molecule has 114 valence electrons. The minimum atomic E-state index is -1.22. The fourth-order valence-electron chi connectivity index (χ4n) is 1.66.